The Bertz CT molecular complexity index is 914. The monoisotopic (exact) mass is 326 g/mol. The van der Waals surface area contributed by atoms with Gasteiger partial charge in [0, 0.05) is 28.8 Å². The van der Waals surface area contributed by atoms with Crippen LogP contribution in [-0.2, 0) is 0 Å². The number of nitrogens with zero attached hydrogens (tertiary/aromatic N) is 6. The van der Waals surface area contributed by atoms with E-state index in [1.165, 1.54) is 0 Å². The Morgan fingerprint density at radius 1 is 1.38 bits per heavy atom. The van der Waals surface area contributed by atoms with Gasteiger partial charge in [0.05, 0.1) is 5.69 Å². The van der Waals surface area contributed by atoms with Crippen molar-refractivity contribution in [1.29, 1.82) is 0 Å². The summed E-state index contributed by atoms with van der Waals surface area (Å²) >= 11 is 0. The summed E-state index contributed by atoms with van der Waals surface area (Å²) in [4.78, 5) is 19.1. The fourth-order valence-corrected chi connectivity index (χ4v) is 2.69. The van der Waals surface area contributed by atoms with E-state index in [4.69, 9.17) is 4.52 Å². The third-order valence-electron chi connectivity index (χ3n) is 4.02. The zero-order chi connectivity index (χ0) is 16.8. The fraction of sp³-hybridized carbons (Fsp3) is 0.333. The number of rotatable bonds is 4. The minimum absolute atomic E-state index is 0.275. The molecule has 0 spiro atoms. The SMILES string of the molecule is Cc1cc(C)n(-c2ccc(-c3noc([C@H]4C[C@H]4[N+](=O)[O-])n3)cn2)n1. The summed E-state index contributed by atoms with van der Waals surface area (Å²) in [5, 5.41) is 19.0. The second-order valence-electron chi connectivity index (χ2n) is 5.90. The van der Waals surface area contributed by atoms with E-state index < -0.39 is 6.04 Å². The van der Waals surface area contributed by atoms with E-state index in [1.54, 1.807) is 10.9 Å². The summed E-state index contributed by atoms with van der Waals surface area (Å²) in [6, 6.07) is 5.01. The molecular weight excluding hydrogens is 312 g/mol. The van der Waals surface area contributed by atoms with E-state index in [9.17, 15) is 10.1 Å². The molecule has 1 aliphatic carbocycles. The first-order valence-electron chi connectivity index (χ1n) is 7.50. The van der Waals surface area contributed by atoms with Gasteiger partial charge < -0.3 is 4.52 Å². The highest BCUT2D eigenvalue weighted by Crippen LogP contribution is 2.42. The van der Waals surface area contributed by atoms with Crippen molar-refractivity contribution in [2.45, 2.75) is 32.2 Å². The Hall–Kier alpha value is -3.10. The van der Waals surface area contributed by atoms with Crippen LogP contribution in [0.4, 0.5) is 0 Å². The van der Waals surface area contributed by atoms with Crippen molar-refractivity contribution in [3.8, 4) is 17.2 Å². The van der Waals surface area contributed by atoms with Crippen LogP contribution in [-0.4, -0.2) is 35.9 Å². The van der Waals surface area contributed by atoms with Gasteiger partial charge in [-0.05, 0) is 32.0 Å². The molecular formula is C15H14N6O3. The van der Waals surface area contributed by atoms with E-state index >= 15 is 0 Å². The minimum atomic E-state index is -0.607. The zero-order valence-electron chi connectivity index (χ0n) is 13.1. The Morgan fingerprint density at radius 3 is 2.79 bits per heavy atom. The molecule has 0 radical (unpaired) electrons. The molecule has 0 unspecified atom stereocenters. The predicted molar refractivity (Wildman–Crippen MR) is 82.3 cm³/mol. The Balaban J connectivity index is 1.57. The number of pyridine rings is 1. The average Bonchev–Trinajstić information content (AvgIpc) is 3.09. The maximum Gasteiger partial charge on any atom is 0.237 e. The van der Waals surface area contributed by atoms with Crippen LogP contribution in [0.5, 0.6) is 0 Å². The molecule has 4 rings (SSSR count). The fourth-order valence-electron chi connectivity index (χ4n) is 2.69. The minimum Gasteiger partial charge on any atom is -0.338 e. The highest BCUT2D eigenvalue weighted by atomic mass is 16.6. The molecule has 0 N–H and O–H groups in total. The molecule has 0 aromatic carbocycles. The molecule has 1 saturated carbocycles. The molecule has 1 aliphatic rings. The van der Waals surface area contributed by atoms with Crippen molar-refractivity contribution in [2.75, 3.05) is 0 Å². The lowest BCUT2D eigenvalue weighted by Gasteiger charge is -2.03. The normalized spacial score (nSPS) is 19.4. The van der Waals surface area contributed by atoms with Crippen molar-refractivity contribution in [2.24, 2.45) is 0 Å². The number of nitro groups is 1. The molecule has 0 amide bonds. The second kappa shape index (κ2) is 5.22. The third kappa shape index (κ3) is 2.43. The molecule has 24 heavy (non-hydrogen) atoms. The van der Waals surface area contributed by atoms with Crippen LogP contribution in [0.2, 0.25) is 0 Å². The van der Waals surface area contributed by atoms with Gasteiger partial charge in [-0.2, -0.15) is 10.1 Å². The third-order valence-corrected chi connectivity index (χ3v) is 4.02. The summed E-state index contributed by atoms with van der Waals surface area (Å²) in [5.74, 6) is 1.12. The van der Waals surface area contributed by atoms with Crippen LogP contribution in [0.15, 0.2) is 28.9 Å². The maximum atomic E-state index is 10.7. The van der Waals surface area contributed by atoms with Gasteiger partial charge in [-0.3, -0.25) is 10.1 Å². The summed E-state index contributed by atoms with van der Waals surface area (Å²) < 4.78 is 6.91. The van der Waals surface area contributed by atoms with Crippen LogP contribution in [0.3, 0.4) is 0 Å². The van der Waals surface area contributed by atoms with Crippen LogP contribution in [0, 0.1) is 24.0 Å². The number of hydrogen-bond donors (Lipinski definition) is 0. The van der Waals surface area contributed by atoms with Crippen molar-refractivity contribution in [3.63, 3.8) is 0 Å². The van der Waals surface area contributed by atoms with Gasteiger partial charge in [0.2, 0.25) is 17.8 Å². The quantitative estimate of drug-likeness (QED) is 0.532. The summed E-state index contributed by atoms with van der Waals surface area (Å²) in [5.41, 5.74) is 2.61. The van der Waals surface area contributed by atoms with E-state index in [0.717, 1.165) is 11.4 Å². The Labute approximate surface area is 136 Å². The highest BCUT2D eigenvalue weighted by molar-refractivity contribution is 5.54. The van der Waals surface area contributed by atoms with Gasteiger partial charge in [-0.25, -0.2) is 9.67 Å². The smallest absolute Gasteiger partial charge is 0.237 e. The number of aromatic nitrogens is 5. The second-order valence-corrected chi connectivity index (χ2v) is 5.90. The molecule has 3 aromatic rings. The van der Waals surface area contributed by atoms with Gasteiger partial charge >= 0.3 is 0 Å². The largest absolute Gasteiger partial charge is 0.338 e. The lowest BCUT2D eigenvalue weighted by atomic mass is 10.2. The van der Waals surface area contributed by atoms with Gasteiger partial charge in [0.25, 0.3) is 0 Å². The van der Waals surface area contributed by atoms with Gasteiger partial charge in [0.15, 0.2) is 5.82 Å². The number of hydrogen-bond acceptors (Lipinski definition) is 7. The van der Waals surface area contributed by atoms with E-state index in [2.05, 4.69) is 20.2 Å². The molecule has 9 heteroatoms. The first-order chi connectivity index (χ1) is 11.5. The van der Waals surface area contributed by atoms with Gasteiger partial charge in [0.1, 0.15) is 5.92 Å². The van der Waals surface area contributed by atoms with Gasteiger partial charge in [-0.1, -0.05) is 5.16 Å². The number of aryl methyl sites for hydroxylation is 2. The highest BCUT2D eigenvalue weighted by Gasteiger charge is 2.53. The van der Waals surface area contributed by atoms with Crippen molar-refractivity contribution in [1.82, 2.24) is 24.9 Å². The lowest BCUT2D eigenvalue weighted by Crippen LogP contribution is -2.03. The molecule has 2 atom stereocenters. The first-order valence-corrected chi connectivity index (χ1v) is 7.50. The summed E-state index contributed by atoms with van der Waals surface area (Å²) in [7, 11) is 0. The van der Waals surface area contributed by atoms with Crippen LogP contribution < -0.4 is 0 Å². The van der Waals surface area contributed by atoms with Gasteiger partial charge in [-0.15, -0.1) is 0 Å². The molecule has 122 valence electrons. The summed E-state index contributed by atoms with van der Waals surface area (Å²) in [6.45, 7) is 3.89. The zero-order valence-corrected chi connectivity index (χ0v) is 13.1. The Morgan fingerprint density at radius 2 is 2.21 bits per heavy atom. The Kier molecular flexibility index (Phi) is 3.15. The average molecular weight is 326 g/mol. The molecule has 3 aromatic heterocycles. The van der Waals surface area contributed by atoms with Crippen LogP contribution >= 0.6 is 0 Å². The predicted octanol–water partition coefficient (Wildman–Crippen LogP) is 2.07. The summed E-state index contributed by atoms with van der Waals surface area (Å²) in [6.07, 6.45) is 2.09. The standard InChI is InChI=1S/C15H14N6O3/c1-8-5-9(2)20(18-8)13-4-3-10(7-16-13)14-17-15(24-19-14)11-6-12(11)21(22)23/h3-5,7,11-12H,6H2,1-2H3/t11-,12+/m0/s1. The van der Waals surface area contributed by atoms with Crippen molar-refractivity contribution in [3.05, 3.63) is 51.8 Å². The van der Waals surface area contributed by atoms with E-state index in [0.29, 0.717) is 29.5 Å². The first kappa shape index (κ1) is 14.5. The van der Waals surface area contributed by atoms with Crippen LogP contribution in [0.1, 0.15) is 29.6 Å². The van der Waals surface area contributed by atoms with E-state index in [-0.39, 0.29) is 10.8 Å². The van der Waals surface area contributed by atoms with E-state index in [1.807, 2.05) is 32.0 Å². The molecule has 0 aliphatic heterocycles. The topological polar surface area (TPSA) is 113 Å². The molecule has 1 fully saturated rings. The molecule has 9 nitrogen and oxygen atoms in total. The molecule has 0 bridgehead atoms. The molecule has 0 saturated heterocycles. The van der Waals surface area contributed by atoms with Crippen molar-refractivity contribution >= 4 is 0 Å². The lowest BCUT2D eigenvalue weighted by molar-refractivity contribution is -0.496. The molecule has 3 heterocycles. The maximum absolute atomic E-state index is 10.7. The van der Waals surface area contributed by atoms with Crippen molar-refractivity contribution < 1.29 is 9.45 Å². The van der Waals surface area contributed by atoms with Crippen LogP contribution in [0.25, 0.3) is 17.2 Å².